The van der Waals surface area contributed by atoms with Crippen molar-refractivity contribution in [3.63, 3.8) is 0 Å². The zero-order valence-electron chi connectivity index (χ0n) is 17.4. The number of carbonyl (C=O) groups is 2. The molecule has 1 fully saturated rings. The van der Waals surface area contributed by atoms with Crippen LogP contribution in [0.4, 0.5) is 0 Å². The standard InChI is InChI=1S/C25H25N3O3/c1-31-22-11-5-10-20(13-22)24(19-8-3-2-4-9-19)27-25(30)21-14-23(29)28(17-21)16-18-7-6-12-26-15-18/h2-13,15,21,24H,14,16-17H2,1H3,(H,27,30)/t21-,24-/m1/s1. The van der Waals surface area contributed by atoms with Crippen molar-refractivity contribution in [2.75, 3.05) is 13.7 Å². The van der Waals surface area contributed by atoms with Gasteiger partial charge in [-0.3, -0.25) is 14.6 Å². The van der Waals surface area contributed by atoms with Gasteiger partial charge in [0.05, 0.1) is 19.1 Å². The second kappa shape index (κ2) is 9.43. The SMILES string of the molecule is COc1cccc([C@H](NC(=O)[C@@H]2CC(=O)N(Cc3cccnc3)C2)c2ccccc2)c1. The predicted molar refractivity (Wildman–Crippen MR) is 117 cm³/mol. The molecule has 1 aliphatic rings. The molecule has 2 heterocycles. The first-order chi connectivity index (χ1) is 15.1. The number of ether oxygens (including phenoxy) is 1. The first-order valence-corrected chi connectivity index (χ1v) is 10.3. The third kappa shape index (κ3) is 4.91. The summed E-state index contributed by atoms with van der Waals surface area (Å²) < 4.78 is 5.36. The van der Waals surface area contributed by atoms with Crippen molar-refractivity contribution < 1.29 is 14.3 Å². The number of nitrogens with one attached hydrogen (secondary N) is 1. The first-order valence-electron chi connectivity index (χ1n) is 10.3. The molecule has 0 radical (unpaired) electrons. The third-order valence-corrected chi connectivity index (χ3v) is 5.53. The monoisotopic (exact) mass is 415 g/mol. The molecular weight excluding hydrogens is 390 g/mol. The molecule has 2 amide bonds. The third-order valence-electron chi connectivity index (χ3n) is 5.53. The summed E-state index contributed by atoms with van der Waals surface area (Å²) in [5.41, 5.74) is 2.85. The van der Waals surface area contributed by atoms with Crippen LogP contribution in [0.15, 0.2) is 79.1 Å². The van der Waals surface area contributed by atoms with Gasteiger partial charge in [0.15, 0.2) is 0 Å². The number of rotatable bonds is 7. The number of carbonyl (C=O) groups excluding carboxylic acids is 2. The van der Waals surface area contributed by atoms with Crippen LogP contribution in [0.5, 0.6) is 5.75 Å². The zero-order valence-corrected chi connectivity index (χ0v) is 17.4. The fourth-order valence-corrected chi connectivity index (χ4v) is 3.90. The minimum Gasteiger partial charge on any atom is -0.497 e. The quantitative estimate of drug-likeness (QED) is 0.642. The number of aromatic nitrogens is 1. The maximum atomic E-state index is 13.2. The Balaban J connectivity index is 1.50. The van der Waals surface area contributed by atoms with Gasteiger partial charge in [-0.25, -0.2) is 0 Å². The normalized spacial score (nSPS) is 16.7. The van der Waals surface area contributed by atoms with E-state index in [0.717, 1.165) is 22.4 Å². The summed E-state index contributed by atoms with van der Waals surface area (Å²) in [4.78, 5) is 31.5. The van der Waals surface area contributed by atoms with Crippen molar-refractivity contribution in [3.8, 4) is 5.75 Å². The Labute approximate surface area is 181 Å². The van der Waals surface area contributed by atoms with Crippen LogP contribution < -0.4 is 10.1 Å². The van der Waals surface area contributed by atoms with Gasteiger partial charge in [-0.2, -0.15) is 0 Å². The van der Waals surface area contributed by atoms with E-state index in [9.17, 15) is 9.59 Å². The smallest absolute Gasteiger partial charge is 0.226 e. The number of amides is 2. The van der Waals surface area contributed by atoms with Crippen molar-refractivity contribution in [2.24, 2.45) is 5.92 Å². The fourth-order valence-electron chi connectivity index (χ4n) is 3.90. The Morgan fingerprint density at radius 2 is 1.94 bits per heavy atom. The van der Waals surface area contributed by atoms with E-state index in [0.29, 0.717) is 13.1 Å². The average molecular weight is 415 g/mol. The van der Waals surface area contributed by atoms with Crippen LogP contribution >= 0.6 is 0 Å². The van der Waals surface area contributed by atoms with Gasteiger partial charge in [0.25, 0.3) is 0 Å². The Hall–Kier alpha value is -3.67. The first kappa shape index (κ1) is 20.6. The molecule has 1 N–H and O–H groups in total. The summed E-state index contributed by atoms with van der Waals surface area (Å²) in [5, 5.41) is 3.16. The Morgan fingerprint density at radius 1 is 1.13 bits per heavy atom. The molecule has 6 nitrogen and oxygen atoms in total. The highest BCUT2D eigenvalue weighted by Gasteiger charge is 2.35. The van der Waals surface area contributed by atoms with Crippen molar-refractivity contribution in [1.29, 1.82) is 0 Å². The van der Waals surface area contributed by atoms with E-state index in [1.807, 2.05) is 66.7 Å². The van der Waals surface area contributed by atoms with Crippen molar-refractivity contribution >= 4 is 11.8 Å². The van der Waals surface area contributed by atoms with Gasteiger partial charge >= 0.3 is 0 Å². The Morgan fingerprint density at radius 3 is 2.68 bits per heavy atom. The van der Waals surface area contributed by atoms with Crippen LogP contribution in [0, 0.1) is 5.92 Å². The fraction of sp³-hybridized carbons (Fsp3) is 0.240. The summed E-state index contributed by atoms with van der Waals surface area (Å²) in [5.74, 6) is 0.202. The molecule has 158 valence electrons. The number of likely N-dealkylation sites (tertiary alicyclic amines) is 1. The Bertz CT molecular complexity index is 1040. The molecule has 1 aliphatic heterocycles. The van der Waals surface area contributed by atoms with Crippen LogP contribution in [0.2, 0.25) is 0 Å². The number of nitrogens with zero attached hydrogens (tertiary/aromatic N) is 2. The van der Waals surface area contributed by atoms with E-state index in [-0.39, 0.29) is 30.2 Å². The number of hydrogen-bond acceptors (Lipinski definition) is 4. The summed E-state index contributed by atoms with van der Waals surface area (Å²) in [7, 11) is 1.62. The molecule has 0 saturated carbocycles. The lowest BCUT2D eigenvalue weighted by molar-refractivity contribution is -0.129. The van der Waals surface area contributed by atoms with Crippen molar-refractivity contribution in [3.05, 3.63) is 95.8 Å². The highest BCUT2D eigenvalue weighted by Crippen LogP contribution is 2.27. The molecule has 6 heteroatoms. The van der Waals surface area contributed by atoms with E-state index in [4.69, 9.17) is 4.74 Å². The molecule has 1 saturated heterocycles. The predicted octanol–water partition coefficient (Wildman–Crippen LogP) is 3.34. The van der Waals surface area contributed by atoms with Gasteiger partial charge in [0.2, 0.25) is 11.8 Å². The van der Waals surface area contributed by atoms with Crippen LogP contribution in [0.25, 0.3) is 0 Å². The molecule has 3 aromatic rings. The average Bonchev–Trinajstić information content (AvgIpc) is 3.19. The van der Waals surface area contributed by atoms with Crippen molar-refractivity contribution in [1.82, 2.24) is 15.2 Å². The van der Waals surface area contributed by atoms with Crippen LogP contribution in [0.1, 0.15) is 29.2 Å². The van der Waals surface area contributed by atoms with Gasteiger partial charge in [-0.15, -0.1) is 0 Å². The van der Waals surface area contributed by atoms with Gasteiger partial charge in [-0.1, -0.05) is 48.5 Å². The van der Waals surface area contributed by atoms with E-state index < -0.39 is 0 Å². The summed E-state index contributed by atoms with van der Waals surface area (Å²) in [6.07, 6.45) is 3.66. The van der Waals surface area contributed by atoms with E-state index in [1.54, 1.807) is 24.4 Å². The van der Waals surface area contributed by atoms with E-state index in [2.05, 4.69) is 10.3 Å². The van der Waals surface area contributed by atoms with Gasteiger partial charge in [-0.05, 0) is 34.9 Å². The maximum absolute atomic E-state index is 13.2. The number of benzene rings is 2. The molecular formula is C25H25N3O3. The number of hydrogen-bond donors (Lipinski definition) is 1. The summed E-state index contributed by atoms with van der Waals surface area (Å²) >= 11 is 0. The molecule has 2 atom stereocenters. The highest BCUT2D eigenvalue weighted by molar-refractivity contribution is 5.89. The zero-order chi connectivity index (χ0) is 21.6. The van der Waals surface area contributed by atoms with Crippen LogP contribution in [0.3, 0.4) is 0 Å². The summed E-state index contributed by atoms with van der Waals surface area (Å²) in [6, 6.07) is 20.9. The molecule has 2 aromatic carbocycles. The minimum absolute atomic E-state index is 0.0124. The molecule has 0 aliphatic carbocycles. The number of pyridine rings is 1. The van der Waals surface area contributed by atoms with E-state index >= 15 is 0 Å². The Kier molecular flexibility index (Phi) is 6.26. The highest BCUT2D eigenvalue weighted by atomic mass is 16.5. The number of methoxy groups -OCH3 is 1. The maximum Gasteiger partial charge on any atom is 0.226 e. The van der Waals surface area contributed by atoms with Gasteiger partial charge in [0.1, 0.15) is 5.75 Å². The largest absolute Gasteiger partial charge is 0.497 e. The van der Waals surface area contributed by atoms with Crippen LogP contribution in [-0.4, -0.2) is 35.4 Å². The molecule has 4 rings (SSSR count). The molecule has 1 aromatic heterocycles. The molecule has 0 bridgehead atoms. The topological polar surface area (TPSA) is 71.5 Å². The van der Waals surface area contributed by atoms with E-state index in [1.165, 1.54) is 0 Å². The lowest BCUT2D eigenvalue weighted by Crippen LogP contribution is -2.36. The van der Waals surface area contributed by atoms with Crippen LogP contribution in [-0.2, 0) is 16.1 Å². The summed E-state index contributed by atoms with van der Waals surface area (Å²) in [6.45, 7) is 0.869. The minimum atomic E-state index is -0.388. The molecule has 31 heavy (non-hydrogen) atoms. The lowest BCUT2D eigenvalue weighted by atomic mass is 9.97. The van der Waals surface area contributed by atoms with Gasteiger partial charge < -0.3 is 15.0 Å². The second-order valence-electron chi connectivity index (χ2n) is 7.67. The lowest BCUT2D eigenvalue weighted by Gasteiger charge is -2.22. The molecule has 0 spiro atoms. The van der Waals surface area contributed by atoms with Gasteiger partial charge in [0, 0.05) is 31.9 Å². The second-order valence-corrected chi connectivity index (χ2v) is 7.67. The van der Waals surface area contributed by atoms with Crippen molar-refractivity contribution in [2.45, 2.75) is 19.0 Å². The molecule has 0 unspecified atom stereocenters.